The van der Waals surface area contributed by atoms with Crippen LogP contribution >= 0.6 is 0 Å². The first-order valence-electron chi connectivity index (χ1n) is 13.6. The van der Waals surface area contributed by atoms with Crippen molar-refractivity contribution < 1.29 is 41.0 Å². The number of hydrogen-bond donors (Lipinski definition) is 2. The van der Waals surface area contributed by atoms with E-state index in [2.05, 4.69) is 25.0 Å². The highest BCUT2D eigenvalue weighted by Crippen LogP contribution is 2.40. The Morgan fingerprint density at radius 3 is 2.30 bits per heavy atom. The molecule has 2 N–H and O–H groups in total. The van der Waals surface area contributed by atoms with E-state index in [1.807, 2.05) is 6.92 Å². The number of aromatic nitrogens is 4. The molecule has 234 valence electrons. The molecule has 1 aliphatic rings. The molecule has 9 nitrogen and oxygen atoms in total. The number of rotatable bonds is 9. The van der Waals surface area contributed by atoms with Gasteiger partial charge in [0.1, 0.15) is 17.1 Å². The fraction of sp³-hybridized carbons (Fsp3) is 0.379. The third-order valence-electron chi connectivity index (χ3n) is 7.58. The Kier molecular flexibility index (Phi) is 8.07. The second-order valence-corrected chi connectivity index (χ2v) is 10.8. The Bertz CT molecular complexity index is 1680. The Morgan fingerprint density at radius 2 is 1.75 bits per heavy atom. The number of carboxylic acid groups (broad SMARTS) is 1. The molecule has 4 aromatic rings. The van der Waals surface area contributed by atoms with Crippen LogP contribution in [0.3, 0.4) is 0 Å². The van der Waals surface area contributed by atoms with Gasteiger partial charge in [-0.15, -0.1) is 13.2 Å². The van der Waals surface area contributed by atoms with Crippen molar-refractivity contribution >= 4 is 28.6 Å². The number of halogens is 6. The number of benzene rings is 2. The van der Waals surface area contributed by atoms with Crippen molar-refractivity contribution in [3.63, 3.8) is 0 Å². The number of imidazole rings is 1. The predicted molar refractivity (Wildman–Crippen MR) is 150 cm³/mol. The topological polar surface area (TPSA) is 105 Å². The van der Waals surface area contributed by atoms with E-state index in [4.69, 9.17) is 0 Å². The molecule has 0 unspecified atom stereocenters. The maximum Gasteiger partial charge on any atom is 0.573 e. The first kappa shape index (κ1) is 30.9. The summed E-state index contributed by atoms with van der Waals surface area (Å²) in [5.74, 6) is -2.34. The van der Waals surface area contributed by atoms with Gasteiger partial charge < -0.3 is 24.6 Å². The van der Waals surface area contributed by atoms with Crippen LogP contribution in [0.5, 0.6) is 5.75 Å². The van der Waals surface area contributed by atoms with Crippen LogP contribution in [0, 0.1) is 5.92 Å². The smallest absolute Gasteiger partial charge is 0.475 e. The Hall–Kier alpha value is -4.56. The molecule has 0 bridgehead atoms. The number of aromatic carboxylic acids is 1. The van der Waals surface area contributed by atoms with Gasteiger partial charge in [0.25, 0.3) is 0 Å². The second kappa shape index (κ2) is 11.5. The molecule has 0 amide bonds. The molecule has 0 saturated heterocycles. The van der Waals surface area contributed by atoms with Gasteiger partial charge in [-0.1, -0.05) is 18.6 Å². The maximum atomic E-state index is 13.5. The quantitative estimate of drug-likeness (QED) is 0.196. The summed E-state index contributed by atoms with van der Waals surface area (Å²) in [6.45, 7) is 1.75. The van der Waals surface area contributed by atoms with E-state index in [-0.39, 0.29) is 46.9 Å². The van der Waals surface area contributed by atoms with Gasteiger partial charge in [0.05, 0.1) is 11.1 Å². The first-order valence-corrected chi connectivity index (χ1v) is 13.6. The van der Waals surface area contributed by atoms with Crippen LogP contribution in [0.4, 0.5) is 37.8 Å². The first-order chi connectivity index (χ1) is 20.6. The minimum absolute atomic E-state index is 0.0829. The molecule has 0 spiro atoms. The van der Waals surface area contributed by atoms with Crippen LogP contribution < -0.4 is 15.0 Å². The number of anilines is 2. The molecule has 15 heteroatoms. The van der Waals surface area contributed by atoms with Crippen LogP contribution in [0.15, 0.2) is 42.5 Å². The highest BCUT2D eigenvalue weighted by Gasteiger charge is 2.34. The number of fused-ring (bicyclic) bond motifs is 1. The lowest BCUT2D eigenvalue weighted by atomic mass is 9.80. The normalized spacial score (nSPS) is 14.8. The summed E-state index contributed by atoms with van der Waals surface area (Å²) < 4.78 is 86.0. The number of carbonyl (C=O) groups is 1. The van der Waals surface area contributed by atoms with Crippen LogP contribution in [0.2, 0.25) is 0 Å². The molecule has 2 aromatic carbocycles. The molecule has 1 saturated carbocycles. The van der Waals surface area contributed by atoms with E-state index in [1.54, 1.807) is 19.0 Å². The van der Waals surface area contributed by atoms with Crippen LogP contribution in [-0.4, -0.2) is 57.1 Å². The third-order valence-corrected chi connectivity index (χ3v) is 7.58. The van der Waals surface area contributed by atoms with E-state index < -0.39 is 35.6 Å². The molecule has 1 atom stereocenters. The lowest BCUT2D eigenvalue weighted by molar-refractivity contribution is -0.274. The van der Waals surface area contributed by atoms with Crippen molar-refractivity contribution in [2.45, 2.75) is 51.3 Å². The Labute approximate surface area is 247 Å². The zero-order valence-corrected chi connectivity index (χ0v) is 23.8. The lowest BCUT2D eigenvalue weighted by Crippen LogP contribution is -2.31. The predicted octanol–water partition coefficient (Wildman–Crippen LogP) is 6.82. The van der Waals surface area contributed by atoms with Gasteiger partial charge in [-0.2, -0.15) is 13.2 Å². The molecule has 0 radical (unpaired) electrons. The highest BCUT2D eigenvalue weighted by atomic mass is 19.4. The summed E-state index contributed by atoms with van der Waals surface area (Å²) in [6, 6.07) is 8.11. The minimum atomic E-state index is -5.06. The van der Waals surface area contributed by atoms with Crippen molar-refractivity contribution in [3.8, 4) is 17.1 Å². The Balaban J connectivity index is 1.76. The van der Waals surface area contributed by atoms with Gasteiger partial charge in [-0.3, -0.25) is 0 Å². The van der Waals surface area contributed by atoms with Crippen molar-refractivity contribution in [2.75, 3.05) is 24.3 Å². The van der Waals surface area contributed by atoms with E-state index in [1.165, 1.54) is 28.8 Å². The second-order valence-electron chi connectivity index (χ2n) is 10.8. The van der Waals surface area contributed by atoms with E-state index in [0.717, 1.165) is 37.5 Å². The van der Waals surface area contributed by atoms with Gasteiger partial charge in [0, 0.05) is 32.4 Å². The number of hydrogen-bond acceptors (Lipinski definition) is 7. The van der Waals surface area contributed by atoms with E-state index in [9.17, 15) is 36.2 Å². The van der Waals surface area contributed by atoms with Gasteiger partial charge >= 0.3 is 18.5 Å². The Morgan fingerprint density at radius 1 is 1.07 bits per heavy atom. The summed E-state index contributed by atoms with van der Waals surface area (Å²) >= 11 is 0. The summed E-state index contributed by atoms with van der Waals surface area (Å²) in [5, 5.41) is 13.0. The van der Waals surface area contributed by atoms with Gasteiger partial charge in [-0.25, -0.2) is 19.7 Å². The fourth-order valence-electron chi connectivity index (χ4n) is 5.03. The molecule has 1 fully saturated rings. The van der Waals surface area contributed by atoms with Crippen LogP contribution in [0.1, 0.15) is 47.9 Å². The van der Waals surface area contributed by atoms with Crippen molar-refractivity contribution in [3.05, 3.63) is 59.4 Å². The van der Waals surface area contributed by atoms with Crippen molar-refractivity contribution in [2.24, 2.45) is 5.92 Å². The SMILES string of the molecule is C[C@@H](Nc1nc(C(=O)O)nc2nc(-c3cc(N(C)C)ccc3OC(F)(F)F)n(Cc3ccc(C(F)(F)F)cc3)c12)C1CCC1. The average Bonchev–Trinajstić information content (AvgIpc) is 3.24. The van der Waals surface area contributed by atoms with Crippen LogP contribution in [-0.2, 0) is 12.7 Å². The highest BCUT2D eigenvalue weighted by molar-refractivity contribution is 5.92. The van der Waals surface area contributed by atoms with E-state index >= 15 is 0 Å². The summed E-state index contributed by atoms with van der Waals surface area (Å²) in [7, 11) is 3.37. The van der Waals surface area contributed by atoms with E-state index in [0.29, 0.717) is 11.3 Å². The van der Waals surface area contributed by atoms with Gasteiger partial charge in [0.15, 0.2) is 11.5 Å². The molecule has 44 heavy (non-hydrogen) atoms. The molecular weight excluding hydrogens is 594 g/mol. The summed E-state index contributed by atoms with van der Waals surface area (Å²) in [4.78, 5) is 26.4. The number of alkyl halides is 6. The average molecular weight is 623 g/mol. The minimum Gasteiger partial charge on any atom is -0.475 e. The van der Waals surface area contributed by atoms with Crippen molar-refractivity contribution in [1.29, 1.82) is 0 Å². The summed E-state index contributed by atoms with van der Waals surface area (Å²) in [6.07, 6.45) is -6.70. The third kappa shape index (κ3) is 6.50. The van der Waals surface area contributed by atoms with Gasteiger partial charge in [0.2, 0.25) is 5.82 Å². The van der Waals surface area contributed by atoms with Crippen molar-refractivity contribution in [1.82, 2.24) is 19.5 Å². The standard InChI is InChI=1S/C29H28F6N6O3/c1-15(17-5-4-6-17)36-23-22-24(38-25(37-23)27(42)43)39-26(41(22)14-16-7-9-18(10-8-16)28(30,31)32)20-13-19(40(2)3)11-12-21(20)44-29(33,34)35/h7-13,15,17H,4-6,14H2,1-3H3,(H,42,43)(H,36,37,38)/t15-/m1/s1. The van der Waals surface area contributed by atoms with Crippen LogP contribution in [0.25, 0.3) is 22.6 Å². The summed E-state index contributed by atoms with van der Waals surface area (Å²) in [5.41, 5.74) is -0.0751. The molecular formula is C29H28F6N6O3. The largest absolute Gasteiger partial charge is 0.573 e. The van der Waals surface area contributed by atoms with Gasteiger partial charge in [-0.05, 0) is 61.6 Å². The zero-order valence-electron chi connectivity index (χ0n) is 23.8. The zero-order chi connectivity index (χ0) is 32.0. The monoisotopic (exact) mass is 622 g/mol. The molecule has 0 aliphatic heterocycles. The number of nitrogens with one attached hydrogen (secondary N) is 1. The molecule has 2 heterocycles. The number of ether oxygens (including phenoxy) is 1. The molecule has 1 aliphatic carbocycles. The maximum absolute atomic E-state index is 13.5. The number of nitrogens with zero attached hydrogens (tertiary/aromatic N) is 5. The molecule has 5 rings (SSSR count). The fourth-order valence-corrected chi connectivity index (χ4v) is 5.03. The number of carboxylic acids is 1. The lowest BCUT2D eigenvalue weighted by Gasteiger charge is -2.32. The molecule has 2 aromatic heterocycles.